The molecule has 1 rings (SSSR count). The molecule has 2 atom stereocenters. The fourth-order valence-electron chi connectivity index (χ4n) is 2.80. The van der Waals surface area contributed by atoms with Gasteiger partial charge < -0.3 is 10.1 Å². The first-order valence-electron chi connectivity index (χ1n) is 8.09. The molecule has 0 aliphatic carbocycles. The topological polar surface area (TPSA) is 24.5 Å². The molecule has 0 spiro atoms. The van der Waals surface area contributed by atoms with E-state index >= 15 is 0 Å². The second-order valence-electron chi connectivity index (χ2n) is 6.63. The Balaban J connectivity index is 2.56. The number of nitrogens with zero attached hydrogens (tertiary/aromatic N) is 1. The van der Waals surface area contributed by atoms with E-state index in [9.17, 15) is 0 Å². The first-order chi connectivity index (χ1) is 9.04. The van der Waals surface area contributed by atoms with Crippen molar-refractivity contribution in [1.82, 2.24) is 10.2 Å². The van der Waals surface area contributed by atoms with E-state index in [1.807, 2.05) is 0 Å². The van der Waals surface area contributed by atoms with Gasteiger partial charge in [0.1, 0.15) is 0 Å². The molecule has 1 N–H and O–H groups in total. The van der Waals surface area contributed by atoms with Crippen LogP contribution in [0.2, 0.25) is 0 Å². The molecule has 0 radical (unpaired) electrons. The molecule has 2 unspecified atom stereocenters. The van der Waals surface area contributed by atoms with Gasteiger partial charge in [-0.05, 0) is 39.2 Å². The van der Waals surface area contributed by atoms with Gasteiger partial charge in [-0.1, -0.05) is 20.8 Å². The molecule has 114 valence electrons. The van der Waals surface area contributed by atoms with Gasteiger partial charge in [-0.25, -0.2) is 0 Å². The van der Waals surface area contributed by atoms with Crippen LogP contribution < -0.4 is 5.32 Å². The van der Waals surface area contributed by atoms with Crippen LogP contribution in [0.1, 0.15) is 47.5 Å². The molecule has 1 aliphatic heterocycles. The van der Waals surface area contributed by atoms with Gasteiger partial charge in [0.05, 0.1) is 6.61 Å². The van der Waals surface area contributed by atoms with Crippen LogP contribution in [0.3, 0.4) is 0 Å². The molecule has 1 saturated heterocycles. The zero-order valence-electron chi connectivity index (χ0n) is 13.6. The highest BCUT2D eigenvalue weighted by molar-refractivity contribution is 4.83. The van der Waals surface area contributed by atoms with Gasteiger partial charge in [0.15, 0.2) is 0 Å². The summed E-state index contributed by atoms with van der Waals surface area (Å²) in [4.78, 5) is 2.62. The van der Waals surface area contributed by atoms with E-state index in [2.05, 4.69) is 44.8 Å². The van der Waals surface area contributed by atoms with Crippen molar-refractivity contribution in [2.24, 2.45) is 11.8 Å². The average molecular weight is 270 g/mol. The molecule has 0 aromatic heterocycles. The molecular weight excluding hydrogens is 236 g/mol. The first kappa shape index (κ1) is 16.9. The quantitative estimate of drug-likeness (QED) is 0.697. The average Bonchev–Trinajstić information content (AvgIpc) is 2.85. The summed E-state index contributed by atoms with van der Waals surface area (Å²) in [6.07, 6.45) is 2.42. The molecule has 0 bridgehead atoms. The maximum atomic E-state index is 5.58. The largest absolute Gasteiger partial charge is 0.381 e. The van der Waals surface area contributed by atoms with E-state index in [0.29, 0.717) is 18.0 Å². The fraction of sp³-hybridized carbons (Fsp3) is 1.00. The molecule has 3 heteroatoms. The zero-order valence-corrected chi connectivity index (χ0v) is 13.6. The van der Waals surface area contributed by atoms with E-state index in [4.69, 9.17) is 4.74 Å². The highest BCUT2D eigenvalue weighted by atomic mass is 16.5. The van der Waals surface area contributed by atoms with Gasteiger partial charge in [0.2, 0.25) is 0 Å². The third kappa shape index (κ3) is 6.24. The molecular formula is C16H34N2O. The van der Waals surface area contributed by atoms with Crippen molar-refractivity contribution in [2.75, 3.05) is 32.8 Å². The van der Waals surface area contributed by atoms with E-state index in [1.54, 1.807) is 0 Å². The molecule has 0 aromatic carbocycles. The van der Waals surface area contributed by atoms with Gasteiger partial charge in [0.25, 0.3) is 0 Å². The number of hydrogen-bond acceptors (Lipinski definition) is 3. The minimum atomic E-state index is 0.587. The predicted octanol–water partition coefficient (Wildman–Crippen LogP) is 2.76. The number of ether oxygens (including phenoxy) is 1. The number of rotatable bonds is 9. The minimum absolute atomic E-state index is 0.587. The normalized spacial score (nSPS) is 21.8. The summed E-state index contributed by atoms with van der Waals surface area (Å²) < 4.78 is 5.58. The van der Waals surface area contributed by atoms with Crippen molar-refractivity contribution in [2.45, 2.75) is 59.5 Å². The summed E-state index contributed by atoms with van der Waals surface area (Å²) in [5.74, 6) is 1.43. The maximum Gasteiger partial charge on any atom is 0.0510 e. The summed E-state index contributed by atoms with van der Waals surface area (Å²) in [5.41, 5.74) is 0. The monoisotopic (exact) mass is 270 g/mol. The lowest BCUT2D eigenvalue weighted by atomic mass is 9.97. The van der Waals surface area contributed by atoms with E-state index in [0.717, 1.165) is 32.2 Å². The van der Waals surface area contributed by atoms with Crippen LogP contribution in [0.15, 0.2) is 0 Å². The van der Waals surface area contributed by atoms with E-state index in [-0.39, 0.29) is 0 Å². The van der Waals surface area contributed by atoms with Crippen LogP contribution in [0.25, 0.3) is 0 Å². The lowest BCUT2D eigenvalue weighted by Gasteiger charge is -2.34. The number of hydrogen-bond donors (Lipinski definition) is 1. The molecule has 0 amide bonds. The van der Waals surface area contributed by atoms with Crippen LogP contribution in [-0.2, 0) is 4.74 Å². The Morgan fingerprint density at radius 2 is 1.95 bits per heavy atom. The first-order valence-corrected chi connectivity index (χ1v) is 8.09. The highest BCUT2D eigenvalue weighted by Crippen LogP contribution is 2.19. The Hall–Kier alpha value is -0.120. The van der Waals surface area contributed by atoms with Crippen molar-refractivity contribution < 1.29 is 4.74 Å². The van der Waals surface area contributed by atoms with Gasteiger partial charge in [-0.15, -0.1) is 0 Å². The highest BCUT2D eigenvalue weighted by Gasteiger charge is 2.27. The van der Waals surface area contributed by atoms with E-state index < -0.39 is 0 Å². The maximum absolute atomic E-state index is 5.58. The summed E-state index contributed by atoms with van der Waals surface area (Å²) >= 11 is 0. The van der Waals surface area contributed by atoms with Gasteiger partial charge in [0, 0.05) is 37.7 Å². The molecule has 3 nitrogen and oxygen atoms in total. The fourth-order valence-corrected chi connectivity index (χ4v) is 2.80. The summed E-state index contributed by atoms with van der Waals surface area (Å²) in [6.45, 7) is 16.8. The molecule has 0 aromatic rings. The molecule has 19 heavy (non-hydrogen) atoms. The predicted molar refractivity (Wildman–Crippen MR) is 82.6 cm³/mol. The smallest absolute Gasteiger partial charge is 0.0510 e. The molecule has 1 fully saturated rings. The second kappa shape index (κ2) is 8.93. The summed E-state index contributed by atoms with van der Waals surface area (Å²) in [7, 11) is 0. The summed E-state index contributed by atoms with van der Waals surface area (Å²) in [6, 6.07) is 1.21. The van der Waals surface area contributed by atoms with E-state index in [1.165, 1.54) is 19.4 Å². The van der Waals surface area contributed by atoms with Crippen molar-refractivity contribution in [1.29, 1.82) is 0 Å². The van der Waals surface area contributed by atoms with Gasteiger partial charge in [-0.2, -0.15) is 0 Å². The third-order valence-corrected chi connectivity index (χ3v) is 3.95. The van der Waals surface area contributed by atoms with Gasteiger partial charge >= 0.3 is 0 Å². The molecule has 1 heterocycles. The SMILES string of the molecule is CCCNC(CN(CC(C)C)C(C)C)C1CCOC1. The Bertz CT molecular complexity index is 225. The Labute approximate surface area is 120 Å². The zero-order chi connectivity index (χ0) is 14.3. The van der Waals surface area contributed by atoms with Crippen LogP contribution >= 0.6 is 0 Å². The van der Waals surface area contributed by atoms with Gasteiger partial charge in [-0.3, -0.25) is 4.90 Å². The third-order valence-electron chi connectivity index (χ3n) is 3.95. The van der Waals surface area contributed by atoms with Crippen LogP contribution in [0.5, 0.6) is 0 Å². The van der Waals surface area contributed by atoms with Crippen LogP contribution in [0.4, 0.5) is 0 Å². The van der Waals surface area contributed by atoms with Crippen LogP contribution in [0, 0.1) is 11.8 Å². The lowest BCUT2D eigenvalue weighted by molar-refractivity contribution is 0.139. The lowest BCUT2D eigenvalue weighted by Crippen LogP contribution is -2.49. The van der Waals surface area contributed by atoms with Crippen molar-refractivity contribution in [3.8, 4) is 0 Å². The second-order valence-corrected chi connectivity index (χ2v) is 6.63. The van der Waals surface area contributed by atoms with Crippen molar-refractivity contribution in [3.05, 3.63) is 0 Å². The number of nitrogens with one attached hydrogen (secondary N) is 1. The standard InChI is InChI=1S/C16H34N2O/c1-6-8-17-16(15-7-9-19-12-15)11-18(14(4)5)10-13(2)3/h13-17H,6-12H2,1-5H3. The Morgan fingerprint density at radius 1 is 1.21 bits per heavy atom. The molecule has 1 aliphatic rings. The van der Waals surface area contributed by atoms with Crippen LogP contribution in [-0.4, -0.2) is 49.8 Å². The summed E-state index contributed by atoms with van der Waals surface area (Å²) in [5, 5.41) is 3.75. The minimum Gasteiger partial charge on any atom is -0.381 e. The van der Waals surface area contributed by atoms with Crippen molar-refractivity contribution in [3.63, 3.8) is 0 Å². The Kier molecular flexibility index (Phi) is 7.96. The van der Waals surface area contributed by atoms with Crippen molar-refractivity contribution >= 4 is 0 Å². The molecule has 0 saturated carbocycles. The Morgan fingerprint density at radius 3 is 2.42 bits per heavy atom.